The molecule has 3 N–H and O–H groups in total. The van der Waals surface area contributed by atoms with Gasteiger partial charge in [0.1, 0.15) is 11.6 Å². The number of hydrogen-bond acceptors (Lipinski definition) is 9. The van der Waals surface area contributed by atoms with Crippen LogP contribution in [0.15, 0.2) is 24.3 Å². The topological polar surface area (TPSA) is 140 Å². The molecule has 2 saturated heterocycles. The van der Waals surface area contributed by atoms with E-state index in [0.29, 0.717) is 25.7 Å². The predicted molar refractivity (Wildman–Crippen MR) is 173 cm³/mol. The van der Waals surface area contributed by atoms with Gasteiger partial charge >= 0.3 is 0 Å². The molecule has 2 aliphatic heterocycles. The Bertz CT molecular complexity index is 1620. The summed E-state index contributed by atoms with van der Waals surface area (Å²) in [7, 11) is 3.04. The van der Waals surface area contributed by atoms with Crippen LogP contribution in [0.5, 0.6) is 0 Å². The number of imidazole rings is 2. The Hall–Kier alpha value is -4.05. The van der Waals surface area contributed by atoms with Crippen LogP contribution in [-0.2, 0) is 16.6 Å². The standard InChI is InChI=1S/C29H39N9O2.C2H2.CH4O/c1-18(2)23-31-20-10-6-7-11-21(20)38(23)28-33-25-22(26(34-28)36-13-15-40-16-14-36)32-24(35(25)5)19-9-8-12-37(17-19)29(3,4)27(30)39;2*1-2/h6-7,10-11,18-19H,8-9,12-17H2,1-5H3,(H2,30,39);1-2H;2H,1H3. The predicted octanol–water partition coefficient (Wildman–Crippen LogP) is 2.96. The van der Waals surface area contributed by atoms with Gasteiger partial charge < -0.3 is 25.0 Å². The third-order valence-corrected chi connectivity index (χ3v) is 8.52. The van der Waals surface area contributed by atoms with Gasteiger partial charge in [-0.3, -0.25) is 14.3 Å². The molecule has 4 aromatic rings. The smallest absolute Gasteiger partial charge is 0.239 e. The summed E-state index contributed by atoms with van der Waals surface area (Å²) < 4.78 is 9.87. The fourth-order valence-electron chi connectivity index (χ4n) is 6.01. The van der Waals surface area contributed by atoms with Gasteiger partial charge in [-0.05, 0) is 45.4 Å². The highest BCUT2D eigenvalue weighted by Gasteiger charge is 2.38. The van der Waals surface area contributed by atoms with Crippen molar-refractivity contribution >= 4 is 33.9 Å². The number of aliphatic hydroxyl groups excluding tert-OH is 1. The number of ether oxygens (including phenoxy) is 1. The molecule has 0 radical (unpaired) electrons. The number of aliphatic hydroxyl groups is 1. The summed E-state index contributed by atoms with van der Waals surface area (Å²) in [6, 6.07) is 8.13. The van der Waals surface area contributed by atoms with Crippen LogP contribution in [0.2, 0.25) is 0 Å². The molecular weight excluding hydrogens is 558 g/mol. The molecule has 1 unspecified atom stereocenters. The zero-order valence-corrected chi connectivity index (χ0v) is 26.7. The number of morpholine rings is 1. The minimum Gasteiger partial charge on any atom is -0.400 e. The van der Waals surface area contributed by atoms with Gasteiger partial charge in [0.2, 0.25) is 11.9 Å². The number of amides is 1. The SMILES string of the molecule is C#C.CC(C)c1nc2ccccc2n1-c1nc(N2CCOCC2)c2nc(C3CCCN(C(C)(C)C(N)=O)C3)n(C)c2n1.CO. The molecule has 0 aliphatic carbocycles. The molecule has 1 atom stereocenters. The Labute approximate surface area is 259 Å². The molecule has 0 bridgehead atoms. The van der Waals surface area contributed by atoms with E-state index in [2.05, 4.69) is 51.7 Å². The number of benzene rings is 1. The number of rotatable bonds is 6. The molecule has 2 aliphatic rings. The molecule has 12 heteroatoms. The number of piperidine rings is 1. The van der Waals surface area contributed by atoms with E-state index < -0.39 is 5.54 Å². The lowest BCUT2D eigenvalue weighted by Crippen LogP contribution is -2.56. The number of terminal acetylenes is 1. The maximum Gasteiger partial charge on any atom is 0.239 e. The van der Waals surface area contributed by atoms with E-state index in [1.807, 2.05) is 39.1 Å². The van der Waals surface area contributed by atoms with Gasteiger partial charge in [-0.15, -0.1) is 12.8 Å². The lowest BCUT2D eigenvalue weighted by atomic mass is 9.91. The van der Waals surface area contributed by atoms with E-state index in [1.165, 1.54) is 0 Å². The highest BCUT2D eigenvalue weighted by atomic mass is 16.5. The lowest BCUT2D eigenvalue weighted by Gasteiger charge is -2.41. The third-order valence-electron chi connectivity index (χ3n) is 8.52. The van der Waals surface area contributed by atoms with Crippen molar-refractivity contribution in [3.05, 3.63) is 35.9 Å². The van der Waals surface area contributed by atoms with Crippen LogP contribution in [-0.4, -0.2) is 97.0 Å². The number of nitrogens with zero attached hydrogens (tertiary/aromatic N) is 8. The van der Waals surface area contributed by atoms with E-state index in [1.54, 1.807) is 0 Å². The van der Waals surface area contributed by atoms with Crippen molar-refractivity contribution in [2.45, 2.75) is 57.9 Å². The van der Waals surface area contributed by atoms with Gasteiger partial charge in [0, 0.05) is 45.6 Å². The number of carbonyl (C=O) groups excluding carboxylic acids is 1. The van der Waals surface area contributed by atoms with Crippen molar-refractivity contribution in [2.24, 2.45) is 12.8 Å². The van der Waals surface area contributed by atoms with Crippen LogP contribution in [0, 0.1) is 12.8 Å². The number of primary amides is 1. The molecular formula is C32H45N9O3. The number of carbonyl (C=O) groups is 1. The minimum absolute atomic E-state index is 0.146. The van der Waals surface area contributed by atoms with E-state index in [4.69, 9.17) is 35.5 Å². The second-order valence-electron chi connectivity index (χ2n) is 11.8. The number of aryl methyl sites for hydroxylation is 1. The second kappa shape index (κ2) is 13.7. The van der Waals surface area contributed by atoms with Gasteiger partial charge in [-0.25, -0.2) is 9.97 Å². The molecule has 2 fully saturated rings. The summed E-state index contributed by atoms with van der Waals surface area (Å²) in [5.41, 5.74) is 8.55. The third kappa shape index (κ3) is 6.00. The van der Waals surface area contributed by atoms with Crippen molar-refractivity contribution in [1.29, 1.82) is 0 Å². The van der Waals surface area contributed by atoms with Crippen molar-refractivity contribution in [1.82, 2.24) is 34.0 Å². The first-order valence-electron chi connectivity index (χ1n) is 15.0. The average molecular weight is 604 g/mol. The highest BCUT2D eigenvalue weighted by molar-refractivity contribution is 5.86. The summed E-state index contributed by atoms with van der Waals surface area (Å²) in [5, 5.41) is 7.00. The first-order valence-corrected chi connectivity index (χ1v) is 15.0. The number of anilines is 1. The molecule has 1 aromatic carbocycles. The zero-order chi connectivity index (χ0) is 32.2. The van der Waals surface area contributed by atoms with Gasteiger partial charge in [0.05, 0.1) is 29.8 Å². The summed E-state index contributed by atoms with van der Waals surface area (Å²) in [6.45, 7) is 12.4. The summed E-state index contributed by atoms with van der Waals surface area (Å²) in [4.78, 5) is 37.1. The number of nitrogens with two attached hydrogens (primary N) is 1. The van der Waals surface area contributed by atoms with Gasteiger partial charge in [-0.1, -0.05) is 26.0 Å². The molecule has 6 rings (SSSR count). The second-order valence-corrected chi connectivity index (χ2v) is 11.8. The maximum atomic E-state index is 12.2. The first kappa shape index (κ1) is 32.9. The quantitative estimate of drug-likeness (QED) is 0.318. The number of hydrogen-bond donors (Lipinski definition) is 2. The van der Waals surface area contributed by atoms with Gasteiger partial charge in [0.15, 0.2) is 17.0 Å². The largest absolute Gasteiger partial charge is 0.400 e. The molecule has 236 valence electrons. The number of para-hydroxylation sites is 2. The van der Waals surface area contributed by atoms with Gasteiger partial charge in [0.25, 0.3) is 0 Å². The van der Waals surface area contributed by atoms with Crippen LogP contribution < -0.4 is 10.6 Å². The fraction of sp³-hybridized carbons (Fsp3) is 0.531. The van der Waals surface area contributed by atoms with Crippen molar-refractivity contribution in [3.8, 4) is 18.8 Å². The molecule has 12 nitrogen and oxygen atoms in total. The van der Waals surface area contributed by atoms with E-state index in [-0.39, 0.29) is 17.7 Å². The summed E-state index contributed by atoms with van der Waals surface area (Å²) in [5.74, 6) is 3.32. The van der Waals surface area contributed by atoms with Crippen molar-refractivity contribution in [3.63, 3.8) is 0 Å². The van der Waals surface area contributed by atoms with E-state index >= 15 is 0 Å². The average Bonchev–Trinajstić information content (AvgIpc) is 3.61. The maximum absolute atomic E-state index is 12.2. The fourth-order valence-corrected chi connectivity index (χ4v) is 6.01. The van der Waals surface area contributed by atoms with Gasteiger partial charge in [-0.2, -0.15) is 9.97 Å². The summed E-state index contributed by atoms with van der Waals surface area (Å²) in [6.07, 6.45) is 9.95. The van der Waals surface area contributed by atoms with Crippen molar-refractivity contribution < 1.29 is 14.6 Å². The Balaban J connectivity index is 0.00000106. The normalized spacial score (nSPS) is 17.7. The van der Waals surface area contributed by atoms with Crippen LogP contribution >= 0.6 is 0 Å². The zero-order valence-electron chi connectivity index (χ0n) is 26.7. The first-order chi connectivity index (χ1) is 21.2. The molecule has 3 aromatic heterocycles. The van der Waals surface area contributed by atoms with Crippen LogP contribution in [0.1, 0.15) is 64.0 Å². The van der Waals surface area contributed by atoms with Crippen molar-refractivity contribution in [2.75, 3.05) is 51.4 Å². The number of aromatic nitrogens is 6. The van der Waals surface area contributed by atoms with Crippen LogP contribution in [0.4, 0.5) is 5.82 Å². The molecule has 1 amide bonds. The van der Waals surface area contributed by atoms with E-state index in [9.17, 15) is 4.79 Å². The van der Waals surface area contributed by atoms with Crippen LogP contribution in [0.25, 0.3) is 28.1 Å². The summed E-state index contributed by atoms with van der Waals surface area (Å²) >= 11 is 0. The Morgan fingerprint density at radius 3 is 2.41 bits per heavy atom. The van der Waals surface area contributed by atoms with E-state index in [0.717, 1.165) is 79.2 Å². The molecule has 0 saturated carbocycles. The minimum atomic E-state index is -0.717. The number of likely N-dealkylation sites (tertiary alicyclic amines) is 1. The highest BCUT2D eigenvalue weighted by Crippen LogP contribution is 2.35. The van der Waals surface area contributed by atoms with Crippen LogP contribution in [0.3, 0.4) is 0 Å². The molecule has 44 heavy (non-hydrogen) atoms. The number of fused-ring (bicyclic) bond motifs is 2. The Morgan fingerprint density at radius 1 is 1.07 bits per heavy atom. The Morgan fingerprint density at radius 2 is 1.75 bits per heavy atom. The lowest BCUT2D eigenvalue weighted by molar-refractivity contribution is -0.129. The molecule has 5 heterocycles. The Kier molecular flexibility index (Phi) is 10.2. The monoisotopic (exact) mass is 603 g/mol. The molecule has 0 spiro atoms.